The topological polar surface area (TPSA) is 25.2 Å². The summed E-state index contributed by atoms with van der Waals surface area (Å²) in [5, 5.41) is 11.3. The van der Waals surface area contributed by atoms with Crippen molar-refractivity contribution >= 4 is 22.5 Å². The van der Waals surface area contributed by atoms with Gasteiger partial charge in [0.05, 0.1) is 6.61 Å². The van der Waals surface area contributed by atoms with Crippen LogP contribution in [0.5, 0.6) is 0 Å². The van der Waals surface area contributed by atoms with Crippen molar-refractivity contribution in [2.75, 3.05) is 0 Å². The Labute approximate surface area is 123 Å². The third-order valence-electron chi connectivity index (χ3n) is 3.59. The third kappa shape index (κ3) is 2.33. The maximum Gasteiger partial charge on any atom is 0.0702 e. The number of nitrogens with zero attached hydrogens (tertiary/aromatic N) is 1. The van der Waals surface area contributed by atoms with Gasteiger partial charge in [0.2, 0.25) is 0 Å². The molecule has 1 heterocycles. The molecule has 1 N–H and O–H groups in total. The summed E-state index contributed by atoms with van der Waals surface area (Å²) in [5.74, 6) is 0. The molecule has 3 rings (SSSR count). The van der Waals surface area contributed by atoms with Crippen LogP contribution in [0, 0.1) is 6.92 Å². The van der Waals surface area contributed by atoms with Gasteiger partial charge in [0.25, 0.3) is 0 Å². The van der Waals surface area contributed by atoms with Gasteiger partial charge in [0.15, 0.2) is 0 Å². The van der Waals surface area contributed by atoms with Crippen molar-refractivity contribution in [1.29, 1.82) is 0 Å². The zero-order valence-corrected chi connectivity index (χ0v) is 12.1. The number of benzene rings is 2. The van der Waals surface area contributed by atoms with Gasteiger partial charge in [0.1, 0.15) is 0 Å². The Hall–Kier alpha value is -1.77. The third-order valence-corrected chi connectivity index (χ3v) is 3.94. The van der Waals surface area contributed by atoms with Gasteiger partial charge in [-0.25, -0.2) is 0 Å². The van der Waals surface area contributed by atoms with E-state index in [0.29, 0.717) is 6.54 Å². The van der Waals surface area contributed by atoms with Crippen LogP contribution in [0.3, 0.4) is 0 Å². The highest BCUT2D eigenvalue weighted by Crippen LogP contribution is 2.25. The molecule has 0 aliphatic carbocycles. The van der Waals surface area contributed by atoms with E-state index in [1.165, 1.54) is 0 Å². The summed E-state index contributed by atoms with van der Waals surface area (Å²) in [6, 6.07) is 14.2. The Balaban J connectivity index is 2.06. The minimum Gasteiger partial charge on any atom is -0.392 e. The molecule has 0 unspecified atom stereocenters. The average Bonchev–Trinajstić information content (AvgIpc) is 2.80. The zero-order valence-electron chi connectivity index (χ0n) is 11.3. The first-order valence-corrected chi connectivity index (χ1v) is 6.99. The van der Waals surface area contributed by atoms with Gasteiger partial charge in [-0.2, -0.15) is 0 Å². The Morgan fingerprint density at radius 3 is 2.65 bits per heavy atom. The number of aryl methyl sites for hydroxylation is 1. The summed E-state index contributed by atoms with van der Waals surface area (Å²) in [7, 11) is 0. The quantitative estimate of drug-likeness (QED) is 0.768. The number of rotatable bonds is 3. The van der Waals surface area contributed by atoms with Gasteiger partial charge in [-0.05, 0) is 30.2 Å². The highest BCUT2D eigenvalue weighted by atomic mass is 35.5. The second-order valence-corrected chi connectivity index (χ2v) is 5.46. The van der Waals surface area contributed by atoms with Gasteiger partial charge in [-0.3, -0.25) is 0 Å². The lowest BCUT2D eigenvalue weighted by Crippen LogP contribution is -1.98. The van der Waals surface area contributed by atoms with Crippen molar-refractivity contribution in [1.82, 2.24) is 4.57 Å². The standard InChI is InChI=1S/C17H16ClNO/c1-12-6-7-13(16(18)8-12)9-19-10-14(11-20)15-4-2-3-5-17(15)19/h2-8,10,20H,9,11H2,1H3. The molecule has 0 bridgehead atoms. The van der Waals surface area contributed by atoms with E-state index in [4.69, 9.17) is 11.6 Å². The fourth-order valence-corrected chi connectivity index (χ4v) is 2.84. The van der Waals surface area contributed by atoms with Crippen molar-refractivity contribution in [2.45, 2.75) is 20.1 Å². The van der Waals surface area contributed by atoms with Crippen LogP contribution in [-0.4, -0.2) is 9.67 Å². The minimum atomic E-state index is 0.0507. The fourth-order valence-electron chi connectivity index (χ4n) is 2.54. The summed E-state index contributed by atoms with van der Waals surface area (Å²) in [6.45, 7) is 2.79. The Morgan fingerprint density at radius 1 is 1.10 bits per heavy atom. The number of fused-ring (bicyclic) bond motifs is 1. The number of aliphatic hydroxyl groups excluding tert-OH is 1. The van der Waals surface area contributed by atoms with Gasteiger partial charge < -0.3 is 9.67 Å². The number of hydrogen-bond donors (Lipinski definition) is 1. The number of hydrogen-bond acceptors (Lipinski definition) is 1. The first kappa shape index (κ1) is 13.2. The summed E-state index contributed by atoms with van der Waals surface area (Å²) < 4.78 is 2.14. The molecule has 2 nitrogen and oxygen atoms in total. The smallest absolute Gasteiger partial charge is 0.0702 e. The number of para-hydroxylation sites is 1. The van der Waals surface area contributed by atoms with Crippen LogP contribution >= 0.6 is 11.6 Å². The molecule has 20 heavy (non-hydrogen) atoms. The van der Waals surface area contributed by atoms with Crippen molar-refractivity contribution < 1.29 is 5.11 Å². The monoisotopic (exact) mass is 285 g/mol. The lowest BCUT2D eigenvalue weighted by atomic mass is 10.1. The molecule has 2 aromatic carbocycles. The van der Waals surface area contributed by atoms with E-state index in [2.05, 4.69) is 22.8 Å². The van der Waals surface area contributed by atoms with Crippen molar-refractivity contribution in [2.24, 2.45) is 0 Å². The predicted octanol–water partition coefficient (Wildman–Crippen LogP) is 4.14. The molecule has 0 atom stereocenters. The zero-order chi connectivity index (χ0) is 14.1. The Kier molecular flexibility index (Phi) is 3.51. The SMILES string of the molecule is Cc1ccc(Cn2cc(CO)c3ccccc32)c(Cl)c1. The van der Waals surface area contributed by atoms with E-state index < -0.39 is 0 Å². The van der Waals surface area contributed by atoms with E-state index >= 15 is 0 Å². The lowest BCUT2D eigenvalue weighted by Gasteiger charge is -2.08. The minimum absolute atomic E-state index is 0.0507. The second kappa shape index (κ2) is 5.31. The lowest BCUT2D eigenvalue weighted by molar-refractivity contribution is 0.283. The molecule has 0 aliphatic rings. The highest BCUT2D eigenvalue weighted by Gasteiger charge is 2.09. The fraction of sp³-hybridized carbons (Fsp3) is 0.176. The molecule has 0 fully saturated rings. The van der Waals surface area contributed by atoms with E-state index in [-0.39, 0.29) is 6.61 Å². The van der Waals surface area contributed by atoms with E-state index in [1.807, 2.05) is 37.4 Å². The first-order valence-electron chi connectivity index (χ1n) is 6.61. The average molecular weight is 286 g/mol. The maximum atomic E-state index is 9.47. The summed E-state index contributed by atoms with van der Waals surface area (Å²) in [4.78, 5) is 0. The summed E-state index contributed by atoms with van der Waals surface area (Å²) in [6.07, 6.45) is 2.00. The highest BCUT2D eigenvalue weighted by molar-refractivity contribution is 6.31. The van der Waals surface area contributed by atoms with E-state index in [1.54, 1.807) is 0 Å². The van der Waals surface area contributed by atoms with Crippen LogP contribution < -0.4 is 0 Å². The van der Waals surface area contributed by atoms with E-state index in [0.717, 1.165) is 32.6 Å². The molecule has 1 aromatic heterocycles. The molecule has 0 saturated heterocycles. The maximum absolute atomic E-state index is 9.47. The molecule has 102 valence electrons. The molecule has 0 saturated carbocycles. The van der Waals surface area contributed by atoms with Gasteiger partial charge in [0, 0.05) is 34.2 Å². The molecular formula is C17H16ClNO. The molecule has 0 amide bonds. The number of halogens is 1. The van der Waals surface area contributed by atoms with Gasteiger partial charge >= 0.3 is 0 Å². The van der Waals surface area contributed by atoms with Crippen LogP contribution in [0.25, 0.3) is 10.9 Å². The summed E-state index contributed by atoms with van der Waals surface area (Å²) in [5.41, 5.74) is 4.31. The largest absolute Gasteiger partial charge is 0.392 e. The molecular weight excluding hydrogens is 270 g/mol. The van der Waals surface area contributed by atoms with Crippen LogP contribution in [0.15, 0.2) is 48.7 Å². The molecule has 0 spiro atoms. The van der Waals surface area contributed by atoms with Crippen LogP contribution in [0.4, 0.5) is 0 Å². The molecule has 0 aliphatic heterocycles. The molecule has 3 aromatic rings. The second-order valence-electron chi connectivity index (χ2n) is 5.05. The van der Waals surface area contributed by atoms with Crippen molar-refractivity contribution in [3.8, 4) is 0 Å². The van der Waals surface area contributed by atoms with Crippen LogP contribution in [-0.2, 0) is 13.2 Å². The van der Waals surface area contributed by atoms with Gasteiger partial charge in [-0.1, -0.05) is 41.9 Å². The van der Waals surface area contributed by atoms with E-state index in [9.17, 15) is 5.11 Å². The van der Waals surface area contributed by atoms with Crippen molar-refractivity contribution in [3.63, 3.8) is 0 Å². The van der Waals surface area contributed by atoms with Crippen molar-refractivity contribution in [3.05, 3.63) is 70.4 Å². The van der Waals surface area contributed by atoms with Crippen LogP contribution in [0.2, 0.25) is 5.02 Å². The predicted molar refractivity (Wildman–Crippen MR) is 83.2 cm³/mol. The number of aromatic nitrogens is 1. The Morgan fingerprint density at radius 2 is 1.90 bits per heavy atom. The normalized spacial score (nSPS) is 11.2. The number of aliphatic hydroxyl groups is 1. The molecule has 0 radical (unpaired) electrons. The molecule has 3 heteroatoms. The first-order chi connectivity index (χ1) is 9.69. The van der Waals surface area contributed by atoms with Gasteiger partial charge in [-0.15, -0.1) is 0 Å². The summed E-state index contributed by atoms with van der Waals surface area (Å²) >= 11 is 6.31. The van der Waals surface area contributed by atoms with Crippen LogP contribution in [0.1, 0.15) is 16.7 Å². The Bertz CT molecular complexity index is 761.